The quantitative estimate of drug-likeness (QED) is 0.779. The van der Waals surface area contributed by atoms with E-state index in [1.54, 1.807) is 23.7 Å². The lowest BCUT2D eigenvalue weighted by molar-refractivity contribution is 1.03. The molecule has 3 aromatic heterocycles. The summed E-state index contributed by atoms with van der Waals surface area (Å²) >= 11 is 1.78. The van der Waals surface area contributed by atoms with E-state index in [1.807, 2.05) is 12.1 Å². The highest BCUT2D eigenvalue weighted by molar-refractivity contribution is 7.09. The molecule has 5 heteroatoms. The fraction of sp³-hybridized carbons (Fsp3) is 0.154. The van der Waals surface area contributed by atoms with Gasteiger partial charge in [0, 0.05) is 23.8 Å². The fourth-order valence-electron chi connectivity index (χ4n) is 1.72. The predicted octanol–water partition coefficient (Wildman–Crippen LogP) is 2.74. The molecular formula is C13H12N4S. The molecule has 90 valence electrons. The van der Waals surface area contributed by atoms with E-state index in [2.05, 4.69) is 37.8 Å². The first-order valence-electron chi connectivity index (χ1n) is 5.76. The molecule has 0 spiro atoms. The van der Waals surface area contributed by atoms with Crippen molar-refractivity contribution in [2.45, 2.75) is 6.42 Å². The van der Waals surface area contributed by atoms with Gasteiger partial charge in [0.1, 0.15) is 11.3 Å². The minimum absolute atomic E-state index is 0.679. The summed E-state index contributed by atoms with van der Waals surface area (Å²) in [7, 11) is 0. The molecule has 0 aliphatic carbocycles. The normalized spacial score (nSPS) is 10.7. The number of nitrogens with one attached hydrogen (secondary N) is 1. The van der Waals surface area contributed by atoms with Crippen LogP contribution in [0.4, 0.5) is 5.82 Å². The van der Waals surface area contributed by atoms with Gasteiger partial charge >= 0.3 is 0 Å². The van der Waals surface area contributed by atoms with Crippen molar-refractivity contribution in [3.8, 4) is 0 Å². The zero-order valence-corrected chi connectivity index (χ0v) is 10.5. The molecule has 0 bridgehead atoms. The molecule has 0 aliphatic rings. The van der Waals surface area contributed by atoms with E-state index >= 15 is 0 Å². The molecule has 18 heavy (non-hydrogen) atoms. The molecule has 1 N–H and O–H groups in total. The largest absolute Gasteiger partial charge is 0.370 e. The van der Waals surface area contributed by atoms with E-state index in [4.69, 9.17) is 0 Å². The smallest absolute Gasteiger partial charge is 0.180 e. The van der Waals surface area contributed by atoms with E-state index in [0.29, 0.717) is 5.65 Å². The number of rotatable bonds is 4. The van der Waals surface area contributed by atoms with Gasteiger partial charge < -0.3 is 5.32 Å². The van der Waals surface area contributed by atoms with Gasteiger partial charge in [-0.1, -0.05) is 6.07 Å². The van der Waals surface area contributed by atoms with Crippen LogP contribution in [-0.4, -0.2) is 21.5 Å². The monoisotopic (exact) mass is 256 g/mol. The minimum atomic E-state index is 0.679. The number of fused-ring (bicyclic) bond motifs is 1. The molecule has 3 rings (SSSR count). The zero-order valence-electron chi connectivity index (χ0n) is 9.71. The SMILES string of the molecule is c1csc(CCNc2ccc3nccnc3n2)c1. The molecule has 0 radical (unpaired) electrons. The van der Waals surface area contributed by atoms with Gasteiger partial charge in [-0.3, -0.25) is 4.98 Å². The van der Waals surface area contributed by atoms with E-state index in [9.17, 15) is 0 Å². The maximum absolute atomic E-state index is 4.41. The molecule has 0 amide bonds. The summed E-state index contributed by atoms with van der Waals surface area (Å²) in [5.74, 6) is 0.847. The van der Waals surface area contributed by atoms with Gasteiger partial charge in [-0.2, -0.15) is 0 Å². The molecule has 0 saturated carbocycles. The maximum Gasteiger partial charge on any atom is 0.180 e. The lowest BCUT2D eigenvalue weighted by Gasteiger charge is -2.04. The second-order valence-electron chi connectivity index (χ2n) is 3.85. The van der Waals surface area contributed by atoms with Gasteiger partial charge in [-0.15, -0.1) is 11.3 Å². The zero-order chi connectivity index (χ0) is 12.2. The third-order valence-electron chi connectivity index (χ3n) is 2.59. The number of hydrogen-bond donors (Lipinski definition) is 1. The second kappa shape index (κ2) is 5.10. The molecule has 0 aliphatic heterocycles. The maximum atomic E-state index is 4.41. The third-order valence-corrected chi connectivity index (χ3v) is 3.53. The molecule has 0 atom stereocenters. The summed E-state index contributed by atoms with van der Waals surface area (Å²) in [5.41, 5.74) is 1.50. The van der Waals surface area contributed by atoms with Crippen LogP contribution in [-0.2, 0) is 6.42 Å². The standard InChI is InChI=1S/C13H12N4S/c1-2-10(18-9-1)5-6-15-12-4-3-11-13(17-12)16-8-7-14-11/h1-4,7-9H,5-6H2,(H,15,16,17). The Hall–Kier alpha value is -2.01. The van der Waals surface area contributed by atoms with Gasteiger partial charge in [-0.25, -0.2) is 9.97 Å². The summed E-state index contributed by atoms with van der Waals surface area (Å²) < 4.78 is 0. The summed E-state index contributed by atoms with van der Waals surface area (Å²) in [4.78, 5) is 14.2. The van der Waals surface area contributed by atoms with E-state index in [-0.39, 0.29) is 0 Å². The number of anilines is 1. The Morgan fingerprint density at radius 2 is 2.06 bits per heavy atom. The van der Waals surface area contributed by atoms with Crippen LogP contribution in [0.25, 0.3) is 11.2 Å². The highest BCUT2D eigenvalue weighted by Gasteiger charge is 1.99. The molecule has 0 fully saturated rings. The van der Waals surface area contributed by atoms with Gasteiger partial charge in [0.25, 0.3) is 0 Å². The second-order valence-corrected chi connectivity index (χ2v) is 4.88. The summed E-state index contributed by atoms with van der Waals surface area (Å²) in [6.45, 7) is 0.874. The highest BCUT2D eigenvalue weighted by Crippen LogP contribution is 2.12. The molecule has 4 nitrogen and oxygen atoms in total. The number of aromatic nitrogens is 3. The van der Waals surface area contributed by atoms with Gasteiger partial charge in [0.05, 0.1) is 0 Å². The van der Waals surface area contributed by atoms with Crippen molar-refractivity contribution in [2.75, 3.05) is 11.9 Å². The number of pyridine rings is 1. The average molecular weight is 256 g/mol. The van der Waals surface area contributed by atoms with Crippen LogP contribution in [0, 0.1) is 0 Å². The van der Waals surface area contributed by atoms with Crippen LogP contribution in [0.2, 0.25) is 0 Å². The first-order chi connectivity index (χ1) is 8.92. The molecule has 0 aromatic carbocycles. The van der Waals surface area contributed by atoms with E-state index in [0.717, 1.165) is 24.3 Å². The van der Waals surface area contributed by atoms with Gasteiger partial charge in [0.2, 0.25) is 0 Å². The molecule has 0 saturated heterocycles. The van der Waals surface area contributed by atoms with Crippen molar-refractivity contribution in [3.63, 3.8) is 0 Å². The summed E-state index contributed by atoms with van der Waals surface area (Å²) in [6.07, 6.45) is 4.34. The Morgan fingerprint density at radius 3 is 2.94 bits per heavy atom. The molecular weight excluding hydrogens is 244 g/mol. The van der Waals surface area contributed by atoms with Crippen molar-refractivity contribution in [3.05, 3.63) is 46.9 Å². The predicted molar refractivity (Wildman–Crippen MR) is 73.8 cm³/mol. The van der Waals surface area contributed by atoms with Crippen LogP contribution >= 0.6 is 11.3 Å². The van der Waals surface area contributed by atoms with Gasteiger partial charge in [0.15, 0.2) is 5.65 Å². The Kier molecular flexibility index (Phi) is 3.14. The minimum Gasteiger partial charge on any atom is -0.370 e. The van der Waals surface area contributed by atoms with Crippen LogP contribution in [0.15, 0.2) is 42.0 Å². The topological polar surface area (TPSA) is 50.7 Å². The Balaban J connectivity index is 1.67. The van der Waals surface area contributed by atoms with Crippen molar-refractivity contribution >= 4 is 28.3 Å². The molecule has 3 aromatic rings. The third kappa shape index (κ3) is 2.46. The number of thiophene rings is 1. The summed E-state index contributed by atoms with van der Waals surface area (Å²) in [6, 6.07) is 8.09. The number of hydrogen-bond acceptors (Lipinski definition) is 5. The number of nitrogens with zero attached hydrogens (tertiary/aromatic N) is 3. The van der Waals surface area contributed by atoms with Crippen molar-refractivity contribution in [1.82, 2.24) is 15.0 Å². The molecule has 0 unspecified atom stereocenters. The lowest BCUT2D eigenvalue weighted by Crippen LogP contribution is -2.05. The lowest BCUT2D eigenvalue weighted by atomic mass is 10.3. The Morgan fingerprint density at radius 1 is 1.11 bits per heavy atom. The average Bonchev–Trinajstić information content (AvgIpc) is 2.92. The Bertz CT molecular complexity index is 636. The van der Waals surface area contributed by atoms with E-state index < -0.39 is 0 Å². The fourth-order valence-corrected chi connectivity index (χ4v) is 2.43. The first kappa shape index (κ1) is 11.1. The van der Waals surface area contributed by atoms with Crippen molar-refractivity contribution in [1.29, 1.82) is 0 Å². The van der Waals surface area contributed by atoms with Crippen molar-refractivity contribution in [2.24, 2.45) is 0 Å². The first-order valence-corrected chi connectivity index (χ1v) is 6.64. The van der Waals surface area contributed by atoms with Crippen molar-refractivity contribution < 1.29 is 0 Å². The van der Waals surface area contributed by atoms with Crippen LogP contribution < -0.4 is 5.32 Å². The van der Waals surface area contributed by atoms with Crippen LogP contribution in [0.1, 0.15) is 4.88 Å². The molecule has 3 heterocycles. The summed E-state index contributed by atoms with van der Waals surface area (Å²) in [5, 5.41) is 5.40. The Labute approximate surface area is 109 Å². The van der Waals surface area contributed by atoms with Crippen LogP contribution in [0.5, 0.6) is 0 Å². The van der Waals surface area contributed by atoms with Gasteiger partial charge in [-0.05, 0) is 30.0 Å². The highest BCUT2D eigenvalue weighted by atomic mass is 32.1. The van der Waals surface area contributed by atoms with E-state index in [1.165, 1.54) is 4.88 Å². The van der Waals surface area contributed by atoms with Crippen LogP contribution in [0.3, 0.4) is 0 Å².